The van der Waals surface area contributed by atoms with Crippen LogP contribution >= 0.6 is 0 Å². The van der Waals surface area contributed by atoms with E-state index < -0.39 is 11.8 Å². The summed E-state index contributed by atoms with van der Waals surface area (Å²) in [6.07, 6.45) is 0.421. The summed E-state index contributed by atoms with van der Waals surface area (Å²) in [5, 5.41) is 13.6. The largest absolute Gasteiger partial charge is 0.396 e. The van der Waals surface area contributed by atoms with E-state index in [0.29, 0.717) is 12.1 Å². The van der Waals surface area contributed by atoms with E-state index in [1.807, 2.05) is 6.07 Å². The van der Waals surface area contributed by atoms with Crippen molar-refractivity contribution in [3.8, 4) is 0 Å². The maximum atomic E-state index is 11.5. The predicted octanol–water partition coefficient (Wildman–Crippen LogP) is 0.512. The Hall–Kier alpha value is -1.88. The molecule has 0 spiro atoms. The minimum atomic E-state index is -0.707. The number of hydrogen-bond acceptors (Lipinski definition) is 3. The Morgan fingerprint density at radius 2 is 1.88 bits per heavy atom. The summed E-state index contributed by atoms with van der Waals surface area (Å²) in [7, 11) is 0. The van der Waals surface area contributed by atoms with Gasteiger partial charge in [0.25, 0.3) is 0 Å². The first-order valence-corrected chi connectivity index (χ1v) is 5.41. The van der Waals surface area contributed by atoms with Crippen LogP contribution < -0.4 is 10.6 Å². The molecular formula is C12H16N2O3. The van der Waals surface area contributed by atoms with Gasteiger partial charge in [0, 0.05) is 18.3 Å². The minimum absolute atomic E-state index is 0.0260. The van der Waals surface area contributed by atoms with Gasteiger partial charge in [-0.05, 0) is 25.5 Å². The molecule has 0 unspecified atom stereocenters. The van der Waals surface area contributed by atoms with Crippen molar-refractivity contribution in [3.63, 3.8) is 0 Å². The van der Waals surface area contributed by atoms with Crippen LogP contribution in [-0.2, 0) is 9.59 Å². The average molecular weight is 236 g/mol. The van der Waals surface area contributed by atoms with Gasteiger partial charge in [-0.3, -0.25) is 9.59 Å². The average Bonchev–Trinajstić information content (AvgIpc) is 2.30. The van der Waals surface area contributed by atoms with E-state index in [4.69, 9.17) is 5.11 Å². The molecule has 1 aromatic carbocycles. The molecule has 17 heavy (non-hydrogen) atoms. The quantitative estimate of drug-likeness (QED) is 0.667. The lowest BCUT2D eigenvalue weighted by Crippen LogP contribution is -2.40. The molecule has 1 atom stereocenters. The fraction of sp³-hybridized carbons (Fsp3) is 0.333. The number of para-hydroxylation sites is 1. The molecule has 0 aliphatic carbocycles. The van der Waals surface area contributed by atoms with Crippen molar-refractivity contribution in [1.29, 1.82) is 0 Å². The first kappa shape index (κ1) is 13.2. The van der Waals surface area contributed by atoms with Crippen LogP contribution in [0.3, 0.4) is 0 Å². The van der Waals surface area contributed by atoms with Crippen molar-refractivity contribution >= 4 is 17.5 Å². The number of carbonyl (C=O) groups is 2. The van der Waals surface area contributed by atoms with Gasteiger partial charge in [0.15, 0.2) is 0 Å². The third-order valence-corrected chi connectivity index (χ3v) is 2.18. The van der Waals surface area contributed by atoms with Crippen molar-refractivity contribution in [2.45, 2.75) is 19.4 Å². The van der Waals surface area contributed by atoms with Crippen LogP contribution in [0.2, 0.25) is 0 Å². The lowest BCUT2D eigenvalue weighted by molar-refractivity contribution is -0.136. The number of anilines is 1. The fourth-order valence-corrected chi connectivity index (χ4v) is 1.26. The molecule has 0 saturated heterocycles. The van der Waals surface area contributed by atoms with Gasteiger partial charge in [0.1, 0.15) is 0 Å². The van der Waals surface area contributed by atoms with E-state index in [1.165, 1.54) is 0 Å². The van der Waals surface area contributed by atoms with E-state index >= 15 is 0 Å². The third-order valence-electron chi connectivity index (χ3n) is 2.18. The summed E-state index contributed by atoms with van der Waals surface area (Å²) in [6, 6.07) is 8.52. The SMILES string of the molecule is C[C@H](CCO)NC(=O)C(=O)Nc1ccccc1. The van der Waals surface area contributed by atoms with Gasteiger partial charge in [0.05, 0.1) is 0 Å². The zero-order valence-corrected chi connectivity index (χ0v) is 9.64. The second-order valence-electron chi connectivity index (χ2n) is 3.71. The molecule has 0 aromatic heterocycles. The summed E-state index contributed by atoms with van der Waals surface area (Å²) in [5.74, 6) is -1.41. The molecule has 1 rings (SSSR count). The summed E-state index contributed by atoms with van der Waals surface area (Å²) < 4.78 is 0. The predicted molar refractivity (Wildman–Crippen MR) is 64.4 cm³/mol. The van der Waals surface area contributed by atoms with Gasteiger partial charge < -0.3 is 15.7 Å². The van der Waals surface area contributed by atoms with Crippen LogP contribution in [-0.4, -0.2) is 29.6 Å². The molecule has 5 nitrogen and oxygen atoms in total. The van der Waals surface area contributed by atoms with Gasteiger partial charge in [-0.25, -0.2) is 0 Å². The molecule has 5 heteroatoms. The maximum Gasteiger partial charge on any atom is 0.313 e. The van der Waals surface area contributed by atoms with E-state index in [-0.39, 0.29) is 12.6 Å². The summed E-state index contributed by atoms with van der Waals surface area (Å²) in [5.41, 5.74) is 0.572. The van der Waals surface area contributed by atoms with Gasteiger partial charge in [-0.1, -0.05) is 18.2 Å². The third kappa shape index (κ3) is 4.65. The molecule has 0 heterocycles. The van der Waals surface area contributed by atoms with Crippen LogP contribution in [0.5, 0.6) is 0 Å². The van der Waals surface area contributed by atoms with Gasteiger partial charge in [-0.2, -0.15) is 0 Å². The molecule has 0 radical (unpaired) electrons. The number of rotatable bonds is 4. The Morgan fingerprint density at radius 3 is 2.47 bits per heavy atom. The molecule has 0 aliphatic heterocycles. The molecule has 0 fully saturated rings. The van der Waals surface area contributed by atoms with Gasteiger partial charge in [-0.15, -0.1) is 0 Å². The van der Waals surface area contributed by atoms with Crippen LogP contribution in [0, 0.1) is 0 Å². The monoisotopic (exact) mass is 236 g/mol. The lowest BCUT2D eigenvalue weighted by atomic mass is 10.2. The molecular weight excluding hydrogens is 220 g/mol. The topological polar surface area (TPSA) is 78.4 Å². The Kier molecular flexibility index (Phi) is 5.16. The number of hydrogen-bond donors (Lipinski definition) is 3. The van der Waals surface area contributed by atoms with Crippen LogP contribution in [0.25, 0.3) is 0 Å². The molecule has 92 valence electrons. The highest BCUT2D eigenvalue weighted by atomic mass is 16.3. The standard InChI is InChI=1S/C12H16N2O3/c1-9(7-8-15)13-11(16)12(17)14-10-5-3-2-4-6-10/h2-6,9,15H,7-8H2,1H3,(H,13,16)(H,14,17)/t9-/m1/s1. The van der Waals surface area contributed by atoms with Gasteiger partial charge in [0.2, 0.25) is 0 Å². The number of aliphatic hydroxyl groups is 1. The number of amides is 2. The Labute approximate surface area is 99.8 Å². The van der Waals surface area contributed by atoms with Crippen molar-refractivity contribution in [3.05, 3.63) is 30.3 Å². The molecule has 2 amide bonds. The summed E-state index contributed by atoms with van der Waals surface area (Å²) in [6.45, 7) is 1.70. The molecule has 3 N–H and O–H groups in total. The maximum absolute atomic E-state index is 11.5. The highest BCUT2D eigenvalue weighted by Crippen LogP contribution is 2.04. The minimum Gasteiger partial charge on any atom is -0.396 e. The summed E-state index contributed by atoms with van der Waals surface area (Å²) >= 11 is 0. The van der Waals surface area contributed by atoms with E-state index in [9.17, 15) is 9.59 Å². The van der Waals surface area contributed by atoms with Crippen molar-refractivity contribution < 1.29 is 14.7 Å². The zero-order chi connectivity index (χ0) is 12.7. The Morgan fingerprint density at radius 1 is 1.24 bits per heavy atom. The van der Waals surface area contributed by atoms with Crippen LogP contribution in [0.15, 0.2) is 30.3 Å². The number of benzene rings is 1. The fourth-order valence-electron chi connectivity index (χ4n) is 1.26. The molecule has 0 saturated carbocycles. The number of carbonyl (C=O) groups excluding carboxylic acids is 2. The molecule has 0 aliphatic rings. The number of aliphatic hydroxyl groups excluding tert-OH is 1. The van der Waals surface area contributed by atoms with E-state index in [0.717, 1.165) is 0 Å². The second-order valence-corrected chi connectivity index (χ2v) is 3.71. The lowest BCUT2D eigenvalue weighted by Gasteiger charge is -2.12. The zero-order valence-electron chi connectivity index (χ0n) is 9.64. The van der Waals surface area contributed by atoms with Crippen molar-refractivity contribution in [1.82, 2.24) is 5.32 Å². The normalized spacial score (nSPS) is 11.6. The first-order valence-electron chi connectivity index (χ1n) is 5.41. The highest BCUT2D eigenvalue weighted by molar-refractivity contribution is 6.39. The van der Waals surface area contributed by atoms with Crippen LogP contribution in [0.1, 0.15) is 13.3 Å². The molecule has 0 bridgehead atoms. The van der Waals surface area contributed by atoms with Crippen LogP contribution in [0.4, 0.5) is 5.69 Å². The van der Waals surface area contributed by atoms with E-state index in [1.54, 1.807) is 31.2 Å². The molecule has 1 aromatic rings. The Balaban J connectivity index is 2.45. The van der Waals surface area contributed by atoms with E-state index in [2.05, 4.69) is 10.6 Å². The van der Waals surface area contributed by atoms with Crippen molar-refractivity contribution in [2.24, 2.45) is 0 Å². The van der Waals surface area contributed by atoms with Gasteiger partial charge >= 0.3 is 11.8 Å². The highest BCUT2D eigenvalue weighted by Gasteiger charge is 2.15. The number of nitrogens with one attached hydrogen (secondary N) is 2. The second kappa shape index (κ2) is 6.65. The Bertz CT molecular complexity index is 379. The summed E-state index contributed by atoms with van der Waals surface area (Å²) in [4.78, 5) is 22.9. The smallest absolute Gasteiger partial charge is 0.313 e. The first-order chi connectivity index (χ1) is 8.13. The van der Waals surface area contributed by atoms with Crippen molar-refractivity contribution in [2.75, 3.05) is 11.9 Å².